The zero-order valence-electron chi connectivity index (χ0n) is 84.0. The van der Waals surface area contributed by atoms with Crippen LogP contribution in [-0.4, -0.2) is 84.2 Å². The van der Waals surface area contributed by atoms with Gasteiger partial charge in [-0.25, -0.2) is 0 Å². The van der Waals surface area contributed by atoms with Crippen LogP contribution >= 0.6 is 0 Å². The van der Waals surface area contributed by atoms with Gasteiger partial charge >= 0.3 is 0 Å². The SMILES string of the molecule is CC(C)(C)c1cc2c(O)c(c1)Cc1cc(C(C)(C)C)cc(c1OCCCOc1ccc(C(C(=O)NC3CCCCC3)C(C(=O)Nc3cccc4ccccc34)C(=O)Nc3cccc4ccccc34)cc1)Cc1cc(C(C)(C)C)cc(c1O)Cc1cc(C(C)(C)C)cc(c1OCCCOc1ccc(C(C(=O)NC3CCCCC3)C(C(=O)Nc3cccc4ccccc34)C(=O)Nc3cccc4ccccc34)cc1)C2. The molecule has 3 aliphatic rings. The van der Waals surface area contributed by atoms with Gasteiger partial charge in [0.25, 0.3) is 0 Å². The van der Waals surface area contributed by atoms with Gasteiger partial charge in [0, 0.05) is 94.9 Å². The van der Waals surface area contributed by atoms with Crippen molar-refractivity contribution in [2.75, 3.05) is 47.7 Å². The highest BCUT2D eigenvalue weighted by molar-refractivity contribution is 6.19. The Morgan fingerprint density at radius 1 is 0.289 bits per heavy atom. The molecule has 8 N–H and O–H groups in total. The molecule has 2 fully saturated rings. The zero-order chi connectivity index (χ0) is 99.7. The Balaban J connectivity index is 0.654. The molecule has 0 heterocycles. The Hall–Kier alpha value is -14.3. The van der Waals surface area contributed by atoms with Crippen LogP contribution in [0.1, 0.15) is 250 Å². The zero-order valence-corrected chi connectivity index (χ0v) is 84.0. The lowest BCUT2D eigenvalue weighted by atomic mass is 9.79. The molecular formula is C124H134N6O12. The number of hydrogen-bond acceptors (Lipinski definition) is 12. The predicted octanol–water partition coefficient (Wildman–Crippen LogP) is 26.1. The fourth-order valence-corrected chi connectivity index (χ4v) is 20.5. The lowest BCUT2D eigenvalue weighted by molar-refractivity contribution is -0.136. The van der Waals surface area contributed by atoms with Crippen LogP contribution in [0.5, 0.6) is 34.5 Å². The van der Waals surface area contributed by atoms with E-state index in [2.05, 4.69) is 164 Å². The van der Waals surface area contributed by atoms with Gasteiger partial charge in [-0.3, -0.25) is 28.8 Å². The summed E-state index contributed by atoms with van der Waals surface area (Å²) in [5.41, 5.74) is 12.1. The second-order valence-corrected chi connectivity index (χ2v) is 43.1. The first-order valence-electron chi connectivity index (χ1n) is 50.7. The number of anilines is 4. The molecule has 17 rings (SSSR count). The summed E-state index contributed by atoms with van der Waals surface area (Å²) in [5.74, 6) is -6.34. The second kappa shape index (κ2) is 43.1. The second-order valence-electron chi connectivity index (χ2n) is 43.1. The summed E-state index contributed by atoms with van der Waals surface area (Å²) in [4.78, 5) is 92.1. The Morgan fingerprint density at radius 3 is 0.789 bits per heavy atom. The minimum Gasteiger partial charge on any atom is -0.507 e. The number of phenols is 2. The van der Waals surface area contributed by atoms with Crippen molar-refractivity contribution in [2.24, 2.45) is 11.8 Å². The first kappa shape index (κ1) is 99.3. The summed E-state index contributed by atoms with van der Waals surface area (Å²) in [7, 11) is 0. The quantitative estimate of drug-likeness (QED) is 0.0168. The third kappa shape index (κ3) is 23.3. The van der Waals surface area contributed by atoms with Gasteiger partial charge in [-0.05, 0) is 195 Å². The van der Waals surface area contributed by atoms with Crippen molar-refractivity contribution >= 4 is 101 Å². The molecule has 2 saturated carbocycles. The van der Waals surface area contributed by atoms with E-state index in [9.17, 15) is 10.2 Å². The van der Waals surface area contributed by atoms with Gasteiger partial charge in [0.15, 0.2) is 0 Å². The molecule has 2 unspecified atom stereocenters. The maximum absolute atomic E-state index is 15.4. The average Bonchev–Trinajstić information content (AvgIpc) is 0.755. The van der Waals surface area contributed by atoms with E-state index in [1.807, 2.05) is 170 Å². The molecular weight excluding hydrogens is 1770 g/mol. The van der Waals surface area contributed by atoms with E-state index >= 15 is 28.8 Å². The monoisotopic (exact) mass is 1900 g/mol. The highest BCUT2D eigenvalue weighted by Gasteiger charge is 2.45. The fraction of sp³-hybridized carbons (Fsp3) is 0.339. The number of carbonyl (C=O) groups excluding carboxylic acids is 6. The van der Waals surface area contributed by atoms with E-state index in [4.69, 9.17) is 18.9 Å². The summed E-state index contributed by atoms with van der Waals surface area (Å²) in [6.45, 7) is 27.3. The normalized spacial score (nSPS) is 14.4. The van der Waals surface area contributed by atoms with Crippen molar-refractivity contribution in [3.63, 3.8) is 0 Å². The summed E-state index contributed by atoms with van der Waals surface area (Å²) in [6, 6.07) is 84.9. The van der Waals surface area contributed by atoms with Crippen molar-refractivity contribution in [1.29, 1.82) is 0 Å². The number of hydrogen-bond donors (Lipinski definition) is 8. The van der Waals surface area contributed by atoms with Crippen LogP contribution in [0, 0.1) is 11.8 Å². The average molecular weight is 1900 g/mol. The highest BCUT2D eigenvalue weighted by Crippen LogP contribution is 2.47. The number of nitrogens with one attached hydrogen (secondary N) is 6. The van der Waals surface area contributed by atoms with Crippen molar-refractivity contribution < 1.29 is 57.9 Å². The molecule has 0 saturated heterocycles. The summed E-state index contributed by atoms with van der Waals surface area (Å²) < 4.78 is 27.7. The van der Waals surface area contributed by atoms with Crippen LogP contribution in [0.2, 0.25) is 0 Å². The topological polar surface area (TPSA) is 252 Å². The molecule has 0 aliphatic heterocycles. The molecule has 3 aliphatic carbocycles. The highest BCUT2D eigenvalue weighted by atomic mass is 16.5. The summed E-state index contributed by atoms with van der Waals surface area (Å²) >= 11 is 0. The van der Waals surface area contributed by atoms with E-state index in [1.165, 1.54) is 0 Å². The minimum absolute atomic E-state index is 0.130. The molecule has 6 amide bonds. The van der Waals surface area contributed by atoms with Gasteiger partial charge < -0.3 is 61.1 Å². The molecule has 18 heteroatoms. The Kier molecular flexibility index (Phi) is 30.1. The molecule has 2 atom stereocenters. The van der Waals surface area contributed by atoms with Crippen LogP contribution < -0.4 is 50.8 Å². The standard InChI is InChI=1S/C124H134N6O12/c1-121(2,3)91-69-83-65-87-73-93(123(7,8)9)75-89(113(87)141-63-31-61-139-97-57-53-81(54-58-97)107(115(133)125-95-41-15-13-16-42-95)109(117(135)127-103-49-27-37-77-33-19-23-45-99(77)103)118(136)128-104-50-28-38-78-34-20-24-46-100(78)104)67-85-71-92(122(4,5)6)72-86(112(85)132)68-90-76-94(124(10,11)12)74-88(66-84(70-91)111(83)131)114(90)142-64-32-62-140-98-59-55-82(56-60-98)108(116(134)126-96-43-17-14-18-44-96)110(119(137)129-105-51-29-39-79-35-21-25-47-101(79)105)120(138)130-106-52-30-40-80-36-22-26-48-102(80)106/h19-30,33-40,45-60,69-76,95-96,107-110,131-132H,13-18,31-32,41-44,61-68H2,1-12H3,(H,125,133)(H,126,134)(H,127,135)(H,128,136)(H,129,137)(H,130,138). The maximum Gasteiger partial charge on any atom is 0.238 e. The van der Waals surface area contributed by atoms with Gasteiger partial charge in [-0.1, -0.05) is 340 Å². The van der Waals surface area contributed by atoms with Gasteiger partial charge in [0.2, 0.25) is 35.4 Å². The third-order valence-corrected chi connectivity index (χ3v) is 28.5. The Labute approximate surface area is 834 Å². The molecule has 18 nitrogen and oxygen atoms in total. The van der Waals surface area contributed by atoms with Gasteiger partial charge in [0.1, 0.15) is 46.3 Å². The summed E-state index contributed by atoms with van der Waals surface area (Å²) in [5, 5.41) is 52.5. The van der Waals surface area contributed by atoms with Crippen molar-refractivity contribution in [3.8, 4) is 34.5 Å². The van der Waals surface area contributed by atoms with E-state index < -0.39 is 59.1 Å². The lowest BCUT2D eigenvalue weighted by Crippen LogP contribution is -2.47. The van der Waals surface area contributed by atoms with Crippen LogP contribution in [0.3, 0.4) is 0 Å². The molecule has 142 heavy (non-hydrogen) atoms. The number of carbonyl (C=O) groups is 6. The maximum atomic E-state index is 15.4. The lowest BCUT2D eigenvalue weighted by Gasteiger charge is -2.29. The molecule has 0 spiro atoms. The van der Waals surface area contributed by atoms with E-state index in [-0.39, 0.29) is 97.4 Å². The Morgan fingerprint density at radius 2 is 0.528 bits per heavy atom. The number of benzene rings is 14. The number of phenolic OH excluding ortho intramolecular Hbond substituents is 2. The number of rotatable bonds is 28. The molecule has 14 aromatic rings. The first-order chi connectivity index (χ1) is 68.2. The van der Waals surface area contributed by atoms with Crippen LogP contribution in [0.4, 0.5) is 22.7 Å². The smallest absolute Gasteiger partial charge is 0.238 e. The fourth-order valence-electron chi connectivity index (χ4n) is 20.5. The van der Waals surface area contributed by atoms with Crippen molar-refractivity contribution in [1.82, 2.24) is 10.6 Å². The molecule has 0 aromatic heterocycles. The van der Waals surface area contributed by atoms with Crippen molar-refractivity contribution in [2.45, 2.75) is 231 Å². The van der Waals surface area contributed by atoms with Gasteiger partial charge in [-0.15, -0.1) is 0 Å². The minimum atomic E-state index is -1.54. The summed E-state index contributed by atoms with van der Waals surface area (Å²) in [6.07, 6.45) is 11.1. The molecule has 8 bridgehead atoms. The van der Waals surface area contributed by atoms with Crippen molar-refractivity contribution in [3.05, 3.63) is 345 Å². The van der Waals surface area contributed by atoms with Gasteiger partial charge in [0.05, 0.1) is 38.3 Å². The molecule has 732 valence electrons. The van der Waals surface area contributed by atoms with Gasteiger partial charge in [-0.2, -0.15) is 0 Å². The van der Waals surface area contributed by atoms with E-state index in [1.54, 1.807) is 48.5 Å². The number of fused-ring (bicyclic) bond motifs is 12. The third-order valence-electron chi connectivity index (χ3n) is 28.5. The number of aromatic hydroxyl groups is 2. The first-order valence-corrected chi connectivity index (χ1v) is 50.7. The van der Waals surface area contributed by atoms with Crippen LogP contribution in [0.15, 0.2) is 267 Å². The molecule has 14 aromatic carbocycles. The van der Waals surface area contributed by atoms with E-state index in [0.717, 1.165) is 174 Å². The van der Waals surface area contributed by atoms with Crippen LogP contribution in [-0.2, 0) is 76.1 Å². The Bertz CT molecular complexity index is 6280. The number of ether oxygens (including phenoxy) is 4. The predicted molar refractivity (Wildman–Crippen MR) is 572 cm³/mol. The largest absolute Gasteiger partial charge is 0.507 e. The van der Waals surface area contributed by atoms with E-state index in [0.29, 0.717) is 69.7 Å². The van der Waals surface area contributed by atoms with Crippen LogP contribution in [0.25, 0.3) is 43.1 Å². The molecule has 0 radical (unpaired) electrons. The number of amides is 6.